The number of hydrogen-bond donors (Lipinski definition) is 1. The summed E-state index contributed by atoms with van der Waals surface area (Å²) >= 11 is 0. The van der Waals surface area contributed by atoms with E-state index in [1.54, 1.807) is 0 Å². The van der Waals surface area contributed by atoms with Crippen molar-refractivity contribution >= 4 is 7.37 Å². The molecule has 0 aromatic carbocycles. The topological polar surface area (TPSA) is 37.3 Å². The molecule has 2 nitrogen and oxygen atoms in total. The molecule has 0 saturated heterocycles. The summed E-state index contributed by atoms with van der Waals surface area (Å²) in [5.74, 6) is 1.09. The summed E-state index contributed by atoms with van der Waals surface area (Å²) in [7, 11) is -2.90. The number of unbranched alkanes of at least 4 members (excludes halogenated alkanes) is 1. The van der Waals surface area contributed by atoms with Crippen molar-refractivity contribution in [1.82, 2.24) is 0 Å². The Hall–Kier alpha value is 0.190. The molecular weight excluding hydrogens is 255 g/mol. The van der Waals surface area contributed by atoms with Crippen molar-refractivity contribution < 1.29 is 9.46 Å². The van der Waals surface area contributed by atoms with Gasteiger partial charge < -0.3 is 4.89 Å². The highest BCUT2D eigenvalue weighted by atomic mass is 31.2. The van der Waals surface area contributed by atoms with Crippen LogP contribution < -0.4 is 0 Å². The molecular formula is C16H35O2P. The monoisotopic (exact) mass is 290 g/mol. The van der Waals surface area contributed by atoms with Crippen molar-refractivity contribution in [1.29, 1.82) is 0 Å². The van der Waals surface area contributed by atoms with Gasteiger partial charge in [-0.15, -0.1) is 0 Å². The Bertz CT molecular complexity index is 281. The summed E-state index contributed by atoms with van der Waals surface area (Å²) < 4.78 is 12.2. The van der Waals surface area contributed by atoms with Gasteiger partial charge >= 0.3 is 0 Å². The van der Waals surface area contributed by atoms with Crippen molar-refractivity contribution in [2.45, 2.75) is 73.6 Å². The van der Waals surface area contributed by atoms with Crippen molar-refractivity contribution in [2.75, 3.05) is 12.3 Å². The van der Waals surface area contributed by atoms with E-state index in [9.17, 15) is 9.46 Å². The molecule has 0 aromatic heterocycles. The van der Waals surface area contributed by atoms with E-state index in [-0.39, 0.29) is 5.41 Å². The van der Waals surface area contributed by atoms with Gasteiger partial charge in [0, 0.05) is 12.3 Å². The van der Waals surface area contributed by atoms with Gasteiger partial charge in [0.2, 0.25) is 7.37 Å². The van der Waals surface area contributed by atoms with Crippen molar-refractivity contribution in [2.24, 2.45) is 17.3 Å². The van der Waals surface area contributed by atoms with Crippen LogP contribution in [0.2, 0.25) is 0 Å². The van der Waals surface area contributed by atoms with Gasteiger partial charge in [0.05, 0.1) is 0 Å². The lowest BCUT2D eigenvalue weighted by atomic mass is 9.86. The number of hydrogen-bond acceptors (Lipinski definition) is 1. The van der Waals surface area contributed by atoms with E-state index in [4.69, 9.17) is 0 Å². The Labute approximate surface area is 120 Å². The molecule has 0 aliphatic rings. The van der Waals surface area contributed by atoms with Crippen LogP contribution in [0, 0.1) is 17.3 Å². The average molecular weight is 290 g/mol. The fourth-order valence-electron chi connectivity index (χ4n) is 2.74. The Balaban J connectivity index is 3.95. The standard InChI is InChI=1S/C16H35O2P/c1-7-14(2)10-8-9-11-19(17,18)13-15(3)12-16(4,5)6/h14-15H,7-13H2,1-6H3,(H,17,18). The summed E-state index contributed by atoms with van der Waals surface area (Å²) in [5.41, 5.74) is 0.246. The molecule has 0 saturated carbocycles. The predicted molar refractivity (Wildman–Crippen MR) is 86.1 cm³/mol. The molecule has 0 fully saturated rings. The van der Waals surface area contributed by atoms with Crippen LogP contribution in [0.4, 0.5) is 0 Å². The molecule has 116 valence electrons. The maximum atomic E-state index is 12.2. The molecule has 3 unspecified atom stereocenters. The second kappa shape index (κ2) is 8.47. The lowest BCUT2D eigenvalue weighted by Crippen LogP contribution is -2.14. The van der Waals surface area contributed by atoms with Gasteiger partial charge in [-0.3, -0.25) is 4.57 Å². The van der Waals surface area contributed by atoms with E-state index >= 15 is 0 Å². The van der Waals surface area contributed by atoms with E-state index in [0.29, 0.717) is 18.2 Å². The zero-order valence-corrected chi connectivity index (χ0v) is 14.8. The first-order valence-electron chi connectivity index (χ1n) is 7.86. The van der Waals surface area contributed by atoms with Crippen LogP contribution >= 0.6 is 7.37 Å². The highest BCUT2D eigenvalue weighted by Crippen LogP contribution is 2.45. The molecule has 0 amide bonds. The fraction of sp³-hybridized carbons (Fsp3) is 1.00. The smallest absolute Gasteiger partial charge is 0.200 e. The molecule has 0 bridgehead atoms. The molecule has 19 heavy (non-hydrogen) atoms. The van der Waals surface area contributed by atoms with Crippen LogP contribution in [-0.2, 0) is 4.57 Å². The van der Waals surface area contributed by atoms with Crippen LogP contribution in [0.15, 0.2) is 0 Å². The first-order valence-corrected chi connectivity index (χ1v) is 9.89. The van der Waals surface area contributed by atoms with E-state index in [0.717, 1.165) is 25.2 Å². The summed E-state index contributed by atoms with van der Waals surface area (Å²) in [5, 5.41) is 0. The second-order valence-electron chi connectivity index (χ2n) is 7.63. The third-order valence-corrected chi connectivity index (χ3v) is 5.92. The molecule has 0 aliphatic heterocycles. The van der Waals surface area contributed by atoms with Crippen LogP contribution in [0.5, 0.6) is 0 Å². The SMILES string of the molecule is CCC(C)CCCCP(=O)(O)CC(C)CC(C)(C)C. The molecule has 0 aliphatic carbocycles. The zero-order chi connectivity index (χ0) is 15.1. The predicted octanol–water partition coefficient (Wildman–Crippen LogP) is 5.55. The Morgan fingerprint density at radius 2 is 1.68 bits per heavy atom. The van der Waals surface area contributed by atoms with E-state index in [2.05, 4.69) is 41.5 Å². The van der Waals surface area contributed by atoms with Crippen LogP contribution in [0.1, 0.15) is 73.6 Å². The molecule has 0 heterocycles. The minimum atomic E-state index is -2.90. The zero-order valence-electron chi connectivity index (χ0n) is 13.9. The highest BCUT2D eigenvalue weighted by molar-refractivity contribution is 7.57. The van der Waals surface area contributed by atoms with Gasteiger partial charge in [-0.2, -0.15) is 0 Å². The molecule has 3 heteroatoms. The minimum absolute atomic E-state index is 0.246. The first-order chi connectivity index (χ1) is 8.56. The third kappa shape index (κ3) is 11.7. The Morgan fingerprint density at radius 3 is 2.16 bits per heavy atom. The summed E-state index contributed by atoms with van der Waals surface area (Å²) in [4.78, 5) is 10.1. The largest absolute Gasteiger partial charge is 0.344 e. The van der Waals surface area contributed by atoms with Gasteiger partial charge in [0.1, 0.15) is 0 Å². The molecule has 0 spiro atoms. The van der Waals surface area contributed by atoms with Crippen molar-refractivity contribution in [3.05, 3.63) is 0 Å². The Kier molecular flexibility index (Phi) is 8.56. The van der Waals surface area contributed by atoms with E-state index < -0.39 is 7.37 Å². The van der Waals surface area contributed by atoms with Crippen LogP contribution in [-0.4, -0.2) is 17.2 Å². The van der Waals surface area contributed by atoms with Crippen molar-refractivity contribution in [3.63, 3.8) is 0 Å². The van der Waals surface area contributed by atoms with Crippen molar-refractivity contribution in [3.8, 4) is 0 Å². The summed E-state index contributed by atoms with van der Waals surface area (Å²) in [6, 6.07) is 0. The molecule has 0 rings (SSSR count). The van der Waals surface area contributed by atoms with E-state index in [1.807, 2.05) is 0 Å². The molecule has 0 radical (unpaired) electrons. The highest BCUT2D eigenvalue weighted by Gasteiger charge is 2.24. The lowest BCUT2D eigenvalue weighted by molar-refractivity contribution is 0.317. The maximum Gasteiger partial charge on any atom is 0.200 e. The average Bonchev–Trinajstić information content (AvgIpc) is 2.20. The first kappa shape index (κ1) is 19.2. The summed E-state index contributed by atoms with van der Waals surface area (Å²) in [6.07, 6.45) is 6.41. The van der Waals surface area contributed by atoms with Gasteiger partial charge in [-0.25, -0.2) is 0 Å². The fourth-order valence-corrected chi connectivity index (χ4v) is 4.75. The van der Waals surface area contributed by atoms with Gasteiger partial charge in [-0.1, -0.05) is 60.8 Å². The van der Waals surface area contributed by atoms with E-state index in [1.165, 1.54) is 12.8 Å². The summed E-state index contributed by atoms with van der Waals surface area (Å²) in [6.45, 7) is 13.1. The second-order valence-corrected chi connectivity index (χ2v) is 10.1. The molecule has 0 aromatic rings. The maximum absolute atomic E-state index is 12.2. The third-order valence-electron chi connectivity index (χ3n) is 3.71. The number of rotatable bonds is 9. The lowest BCUT2D eigenvalue weighted by Gasteiger charge is -2.24. The normalized spacial score (nSPS) is 18.9. The van der Waals surface area contributed by atoms with Gasteiger partial charge in [0.15, 0.2) is 0 Å². The quantitative estimate of drug-likeness (QED) is 0.447. The Morgan fingerprint density at radius 1 is 1.11 bits per heavy atom. The van der Waals surface area contributed by atoms with Gasteiger partial charge in [0.25, 0.3) is 0 Å². The van der Waals surface area contributed by atoms with Crippen LogP contribution in [0.3, 0.4) is 0 Å². The van der Waals surface area contributed by atoms with Gasteiger partial charge in [-0.05, 0) is 30.1 Å². The molecule has 1 N–H and O–H groups in total. The molecule has 3 atom stereocenters. The van der Waals surface area contributed by atoms with Crippen LogP contribution in [0.25, 0.3) is 0 Å². The minimum Gasteiger partial charge on any atom is -0.344 e.